The zero-order valence-electron chi connectivity index (χ0n) is 17.4. The first-order chi connectivity index (χ1) is 14.4. The average molecular weight is 468 g/mol. The minimum atomic E-state index is -3.50. The van der Waals surface area contributed by atoms with Crippen LogP contribution in [0.5, 0.6) is 0 Å². The van der Waals surface area contributed by atoms with Crippen molar-refractivity contribution in [2.45, 2.75) is 55.5 Å². The molecule has 3 heterocycles. The molecule has 3 rings (SSSR count). The normalized spacial score (nSPS) is 16.9. The molecular weight excluding hydrogens is 438 g/mol. The Morgan fingerprint density at radius 1 is 1.20 bits per heavy atom. The summed E-state index contributed by atoms with van der Waals surface area (Å²) in [6.07, 6.45) is 5.36. The number of sulfonamides is 1. The van der Waals surface area contributed by atoms with Crippen LogP contribution in [0, 0.1) is 5.92 Å². The van der Waals surface area contributed by atoms with Gasteiger partial charge in [-0.05, 0) is 42.3 Å². The molecule has 1 saturated heterocycles. The second-order valence-corrected chi connectivity index (χ2v) is 11.7. The zero-order valence-corrected chi connectivity index (χ0v) is 19.9. The van der Waals surface area contributed by atoms with E-state index in [0.717, 1.165) is 30.6 Å². The van der Waals surface area contributed by atoms with Gasteiger partial charge in [0.2, 0.25) is 15.9 Å². The monoisotopic (exact) mass is 467 g/mol. The lowest BCUT2D eigenvalue weighted by Gasteiger charge is -2.21. The maximum absolute atomic E-state index is 12.8. The van der Waals surface area contributed by atoms with Gasteiger partial charge in [-0.25, -0.2) is 13.4 Å². The minimum Gasteiger partial charge on any atom is -0.347 e. The molecule has 1 unspecified atom stereocenters. The highest BCUT2D eigenvalue weighted by atomic mass is 32.2. The van der Waals surface area contributed by atoms with Crippen molar-refractivity contribution < 1.29 is 13.2 Å². The molecule has 1 fully saturated rings. The molecule has 1 amide bonds. The summed E-state index contributed by atoms with van der Waals surface area (Å²) < 4.78 is 27.2. The summed E-state index contributed by atoms with van der Waals surface area (Å²) in [5.74, 6) is 0.467. The number of hydrogen-bond acceptors (Lipinski definition) is 6. The largest absolute Gasteiger partial charge is 0.347 e. The molecule has 1 aliphatic rings. The molecule has 1 N–H and O–H groups in total. The van der Waals surface area contributed by atoms with Gasteiger partial charge in [-0.1, -0.05) is 44.5 Å². The van der Waals surface area contributed by atoms with Crippen LogP contribution in [0.25, 0.3) is 0 Å². The third-order valence-electron chi connectivity index (χ3n) is 5.10. The van der Waals surface area contributed by atoms with Crippen LogP contribution in [0.15, 0.2) is 45.8 Å². The first kappa shape index (κ1) is 23.2. The molecule has 1 atom stereocenters. The van der Waals surface area contributed by atoms with Crippen LogP contribution in [0.4, 0.5) is 0 Å². The molecule has 0 radical (unpaired) electrons. The van der Waals surface area contributed by atoms with Gasteiger partial charge < -0.3 is 5.32 Å². The molecule has 164 valence electrons. The third kappa shape index (κ3) is 6.06. The average Bonchev–Trinajstić information content (AvgIpc) is 3.11. The second-order valence-electron chi connectivity index (χ2n) is 7.74. The van der Waals surface area contributed by atoms with Gasteiger partial charge in [0.25, 0.3) is 0 Å². The van der Waals surface area contributed by atoms with Crippen LogP contribution >= 0.6 is 23.1 Å². The molecule has 0 aromatic carbocycles. The van der Waals surface area contributed by atoms with Crippen LogP contribution in [-0.2, 0) is 14.8 Å². The van der Waals surface area contributed by atoms with Crippen molar-refractivity contribution in [2.75, 3.05) is 18.8 Å². The first-order valence-electron chi connectivity index (χ1n) is 10.3. The van der Waals surface area contributed by atoms with E-state index in [1.54, 1.807) is 27.8 Å². The van der Waals surface area contributed by atoms with Gasteiger partial charge in [-0.2, -0.15) is 4.31 Å². The fourth-order valence-corrected chi connectivity index (χ4v) is 6.49. The lowest BCUT2D eigenvalue weighted by molar-refractivity contribution is -0.119. The van der Waals surface area contributed by atoms with Gasteiger partial charge in [0.05, 0.1) is 16.8 Å². The van der Waals surface area contributed by atoms with Crippen LogP contribution in [0.2, 0.25) is 0 Å². The number of hydrogen-bond donors (Lipinski definition) is 1. The zero-order chi connectivity index (χ0) is 21.6. The van der Waals surface area contributed by atoms with E-state index in [1.165, 1.54) is 18.0 Å². The van der Waals surface area contributed by atoms with Crippen LogP contribution in [-0.4, -0.2) is 42.5 Å². The van der Waals surface area contributed by atoms with E-state index in [9.17, 15) is 13.2 Å². The Balaban J connectivity index is 1.57. The van der Waals surface area contributed by atoms with Crippen molar-refractivity contribution in [3.63, 3.8) is 0 Å². The number of rotatable bonds is 8. The number of thiophene rings is 1. The summed E-state index contributed by atoms with van der Waals surface area (Å²) in [4.78, 5) is 18.1. The number of carbonyl (C=O) groups is 1. The summed E-state index contributed by atoms with van der Waals surface area (Å²) in [6, 6.07) is 7.29. The number of pyridine rings is 1. The van der Waals surface area contributed by atoms with Crippen molar-refractivity contribution in [3.8, 4) is 0 Å². The van der Waals surface area contributed by atoms with Crippen molar-refractivity contribution in [3.05, 3.63) is 40.7 Å². The highest BCUT2D eigenvalue weighted by molar-refractivity contribution is 7.99. The molecule has 2 aromatic heterocycles. The van der Waals surface area contributed by atoms with E-state index in [2.05, 4.69) is 24.1 Å². The van der Waals surface area contributed by atoms with E-state index < -0.39 is 10.0 Å². The molecule has 0 spiro atoms. The first-order valence-corrected chi connectivity index (χ1v) is 13.6. The number of thioether (sulfide) groups is 1. The Bertz CT molecular complexity index is 905. The van der Waals surface area contributed by atoms with Crippen molar-refractivity contribution in [2.24, 2.45) is 5.92 Å². The van der Waals surface area contributed by atoms with Crippen LogP contribution in [0.1, 0.15) is 50.4 Å². The molecular formula is C21H29N3O3S3. The van der Waals surface area contributed by atoms with Gasteiger partial charge in [-0.3, -0.25) is 4.79 Å². The Morgan fingerprint density at radius 2 is 1.93 bits per heavy atom. The van der Waals surface area contributed by atoms with E-state index >= 15 is 0 Å². The molecule has 9 heteroatoms. The van der Waals surface area contributed by atoms with Gasteiger partial charge in [0.1, 0.15) is 4.90 Å². The lowest BCUT2D eigenvalue weighted by atomic mass is 10.0. The predicted molar refractivity (Wildman–Crippen MR) is 122 cm³/mol. The molecule has 0 aliphatic carbocycles. The topological polar surface area (TPSA) is 79.4 Å². The van der Waals surface area contributed by atoms with E-state index in [1.807, 2.05) is 17.5 Å². The Morgan fingerprint density at radius 3 is 2.50 bits per heavy atom. The van der Waals surface area contributed by atoms with E-state index in [-0.39, 0.29) is 22.6 Å². The number of carbonyl (C=O) groups excluding carboxylic acids is 1. The standard InChI is InChI=1S/C21H29N3O3S3/c1-16(2)21(18-8-7-13-28-18)23-19(25)15-29-20-10-9-17(14-22-20)30(26,27)24-11-5-3-4-6-12-24/h7-10,13-14,16,21H,3-6,11-12,15H2,1-2H3,(H,23,25). The number of nitrogens with zero attached hydrogens (tertiary/aromatic N) is 2. The van der Waals surface area contributed by atoms with E-state index in [0.29, 0.717) is 24.0 Å². The van der Waals surface area contributed by atoms with Crippen LogP contribution in [0.3, 0.4) is 0 Å². The third-order valence-corrected chi connectivity index (χ3v) is 8.88. The van der Waals surface area contributed by atoms with Crippen molar-refractivity contribution in [1.82, 2.24) is 14.6 Å². The highest BCUT2D eigenvalue weighted by Gasteiger charge is 2.25. The smallest absolute Gasteiger partial charge is 0.244 e. The number of nitrogens with one attached hydrogen (secondary N) is 1. The summed E-state index contributed by atoms with van der Waals surface area (Å²) in [6.45, 7) is 5.31. The Labute approximate surface area is 187 Å². The molecule has 0 saturated carbocycles. The number of aromatic nitrogens is 1. The SMILES string of the molecule is CC(C)C(NC(=O)CSc1ccc(S(=O)(=O)N2CCCCCC2)cn1)c1cccs1. The molecule has 30 heavy (non-hydrogen) atoms. The number of amides is 1. The maximum Gasteiger partial charge on any atom is 0.244 e. The maximum atomic E-state index is 12.8. The summed E-state index contributed by atoms with van der Waals surface area (Å²) in [7, 11) is -3.50. The van der Waals surface area contributed by atoms with Gasteiger partial charge in [-0.15, -0.1) is 11.3 Å². The summed E-state index contributed by atoms with van der Waals surface area (Å²) in [5.41, 5.74) is 0. The lowest BCUT2D eigenvalue weighted by Crippen LogP contribution is -2.32. The fourth-order valence-electron chi connectivity index (χ4n) is 3.42. The molecule has 6 nitrogen and oxygen atoms in total. The van der Waals surface area contributed by atoms with Gasteiger partial charge >= 0.3 is 0 Å². The van der Waals surface area contributed by atoms with Crippen molar-refractivity contribution >= 4 is 39.0 Å². The van der Waals surface area contributed by atoms with Gasteiger partial charge in [0, 0.05) is 24.2 Å². The Hall–Kier alpha value is -1.42. The Kier molecular flexibility index (Phi) is 8.33. The predicted octanol–water partition coefficient (Wildman–Crippen LogP) is 4.31. The second kappa shape index (κ2) is 10.7. The van der Waals surface area contributed by atoms with E-state index in [4.69, 9.17) is 0 Å². The quantitative estimate of drug-likeness (QED) is 0.585. The highest BCUT2D eigenvalue weighted by Crippen LogP contribution is 2.26. The molecule has 0 bridgehead atoms. The van der Waals surface area contributed by atoms with Crippen molar-refractivity contribution in [1.29, 1.82) is 0 Å². The summed E-state index contributed by atoms with van der Waals surface area (Å²) in [5, 5.41) is 5.74. The van der Waals surface area contributed by atoms with Gasteiger partial charge in [0.15, 0.2) is 0 Å². The molecule has 2 aromatic rings. The van der Waals surface area contributed by atoms with Crippen LogP contribution < -0.4 is 5.32 Å². The fraction of sp³-hybridized carbons (Fsp3) is 0.524. The summed E-state index contributed by atoms with van der Waals surface area (Å²) >= 11 is 2.95. The molecule has 1 aliphatic heterocycles. The minimum absolute atomic E-state index is 0.00722.